The van der Waals surface area contributed by atoms with E-state index in [1.54, 1.807) is 12.1 Å². The monoisotopic (exact) mass is 289 g/mol. The fraction of sp³-hybridized carbons (Fsp3) is 0.500. The van der Waals surface area contributed by atoms with E-state index in [0.717, 1.165) is 18.6 Å². The number of nitrogens with one attached hydrogen (secondary N) is 2. The first kappa shape index (κ1) is 15.5. The maximum atomic E-state index is 11.7. The molecule has 1 fully saturated rings. The molecule has 0 aliphatic carbocycles. The molecule has 1 aliphatic rings. The van der Waals surface area contributed by atoms with Gasteiger partial charge >= 0.3 is 6.09 Å². The first-order chi connectivity index (χ1) is 9.76. The number of oxime groups is 1. The summed E-state index contributed by atoms with van der Waals surface area (Å²) in [5.74, 6) is 0. The zero-order valence-electron chi connectivity index (χ0n) is 13.1. The number of hydrogen-bond acceptors (Lipinski definition) is 4. The van der Waals surface area contributed by atoms with E-state index in [0.29, 0.717) is 5.69 Å². The second kappa shape index (κ2) is 5.85. The summed E-state index contributed by atoms with van der Waals surface area (Å²) in [7, 11) is 0. The number of amides is 1. The molecule has 114 valence electrons. The Labute approximate surface area is 125 Å². The van der Waals surface area contributed by atoms with Gasteiger partial charge in [-0.3, -0.25) is 10.2 Å². The lowest BCUT2D eigenvalue weighted by Crippen LogP contribution is -2.58. The van der Waals surface area contributed by atoms with Crippen molar-refractivity contribution in [3.05, 3.63) is 30.3 Å². The third-order valence-corrected chi connectivity index (χ3v) is 3.25. The zero-order chi connectivity index (χ0) is 15.5. The van der Waals surface area contributed by atoms with Gasteiger partial charge in [-0.05, 0) is 39.8 Å². The fourth-order valence-corrected chi connectivity index (χ4v) is 2.92. The number of carbonyl (C=O) groups is 1. The van der Waals surface area contributed by atoms with Gasteiger partial charge in [0.05, 0.1) is 5.71 Å². The van der Waals surface area contributed by atoms with Gasteiger partial charge in [0.2, 0.25) is 0 Å². The first-order valence-electron chi connectivity index (χ1n) is 7.14. The molecule has 0 spiro atoms. The zero-order valence-corrected chi connectivity index (χ0v) is 13.1. The smallest absolute Gasteiger partial charge is 0.306 e. The van der Waals surface area contributed by atoms with Crippen LogP contribution in [0.25, 0.3) is 0 Å². The number of piperidine rings is 1. The molecule has 1 aromatic carbocycles. The lowest BCUT2D eigenvalue weighted by Gasteiger charge is -2.42. The Morgan fingerprint density at radius 1 is 1.14 bits per heavy atom. The Balaban J connectivity index is 1.95. The average Bonchev–Trinajstić information content (AvgIpc) is 2.34. The lowest BCUT2D eigenvalue weighted by molar-refractivity contribution is 0.162. The maximum Gasteiger partial charge on any atom is 0.437 e. The topological polar surface area (TPSA) is 62.7 Å². The number of rotatable bonds is 2. The Bertz CT molecular complexity index is 518. The number of benzene rings is 1. The van der Waals surface area contributed by atoms with E-state index in [2.05, 4.69) is 43.5 Å². The Morgan fingerprint density at radius 2 is 1.71 bits per heavy atom. The molecule has 21 heavy (non-hydrogen) atoms. The second-order valence-electron chi connectivity index (χ2n) is 6.77. The number of anilines is 1. The standard InChI is InChI=1S/C16H23N3O2/c1-15(2)10-13(11-16(3,4)19-15)18-21-14(20)17-12-8-6-5-7-9-12/h5-9,19H,10-11H2,1-4H3,(H,17,20). The highest BCUT2D eigenvalue weighted by Gasteiger charge is 2.36. The number of hydrogen-bond donors (Lipinski definition) is 2. The van der Waals surface area contributed by atoms with Gasteiger partial charge in [0.15, 0.2) is 0 Å². The van der Waals surface area contributed by atoms with Crippen LogP contribution in [0.15, 0.2) is 35.5 Å². The van der Waals surface area contributed by atoms with E-state index in [-0.39, 0.29) is 11.1 Å². The van der Waals surface area contributed by atoms with Crippen LogP contribution < -0.4 is 10.6 Å². The van der Waals surface area contributed by atoms with Crippen molar-refractivity contribution >= 4 is 17.5 Å². The van der Waals surface area contributed by atoms with Crippen LogP contribution in [-0.2, 0) is 4.84 Å². The van der Waals surface area contributed by atoms with Crippen LogP contribution in [-0.4, -0.2) is 22.9 Å². The molecule has 1 aliphatic heterocycles. The summed E-state index contributed by atoms with van der Waals surface area (Å²) in [6, 6.07) is 9.17. The largest absolute Gasteiger partial charge is 0.437 e. The van der Waals surface area contributed by atoms with E-state index in [1.807, 2.05) is 18.2 Å². The highest BCUT2D eigenvalue weighted by Crippen LogP contribution is 2.26. The molecule has 0 unspecified atom stereocenters. The Hall–Kier alpha value is -1.88. The molecule has 5 heteroatoms. The van der Waals surface area contributed by atoms with E-state index in [1.165, 1.54) is 0 Å². The van der Waals surface area contributed by atoms with Crippen molar-refractivity contribution in [1.82, 2.24) is 5.32 Å². The van der Waals surface area contributed by atoms with E-state index >= 15 is 0 Å². The molecule has 1 aromatic rings. The summed E-state index contributed by atoms with van der Waals surface area (Å²) < 4.78 is 0. The quantitative estimate of drug-likeness (QED) is 0.646. The Morgan fingerprint density at radius 3 is 2.29 bits per heavy atom. The van der Waals surface area contributed by atoms with Crippen LogP contribution in [0, 0.1) is 0 Å². The number of nitrogens with zero attached hydrogens (tertiary/aromatic N) is 1. The summed E-state index contributed by atoms with van der Waals surface area (Å²) >= 11 is 0. The molecule has 0 atom stereocenters. The molecular weight excluding hydrogens is 266 g/mol. The summed E-state index contributed by atoms with van der Waals surface area (Å²) in [5, 5.41) is 10.2. The first-order valence-corrected chi connectivity index (χ1v) is 7.14. The molecule has 1 saturated heterocycles. The van der Waals surface area contributed by atoms with Crippen molar-refractivity contribution < 1.29 is 9.63 Å². The minimum atomic E-state index is -0.567. The van der Waals surface area contributed by atoms with Crippen molar-refractivity contribution in [2.24, 2.45) is 5.16 Å². The van der Waals surface area contributed by atoms with Crippen LogP contribution >= 0.6 is 0 Å². The van der Waals surface area contributed by atoms with Gasteiger partial charge in [-0.1, -0.05) is 23.4 Å². The SMILES string of the molecule is CC1(C)CC(=NOC(=O)Nc2ccccc2)CC(C)(C)N1. The minimum Gasteiger partial charge on any atom is -0.306 e. The molecular formula is C16H23N3O2. The normalized spacial score (nSPS) is 19.7. The van der Waals surface area contributed by atoms with Crippen molar-refractivity contribution in [1.29, 1.82) is 0 Å². The predicted octanol–water partition coefficient (Wildman–Crippen LogP) is 3.53. The molecule has 0 radical (unpaired) electrons. The van der Waals surface area contributed by atoms with Crippen molar-refractivity contribution in [3.8, 4) is 0 Å². The van der Waals surface area contributed by atoms with Gasteiger partial charge in [0, 0.05) is 29.6 Å². The van der Waals surface area contributed by atoms with E-state index in [4.69, 9.17) is 4.84 Å². The molecule has 0 bridgehead atoms. The molecule has 2 rings (SSSR count). The van der Waals surface area contributed by atoms with Crippen LogP contribution in [0.1, 0.15) is 40.5 Å². The van der Waals surface area contributed by atoms with Crippen molar-refractivity contribution in [3.63, 3.8) is 0 Å². The molecule has 1 amide bonds. The number of carbonyl (C=O) groups excluding carboxylic acids is 1. The van der Waals surface area contributed by atoms with Gasteiger partial charge in [-0.25, -0.2) is 4.79 Å². The third kappa shape index (κ3) is 4.86. The van der Waals surface area contributed by atoms with E-state index in [9.17, 15) is 4.79 Å². The highest BCUT2D eigenvalue weighted by molar-refractivity contribution is 5.89. The van der Waals surface area contributed by atoms with Gasteiger partial charge in [0.25, 0.3) is 0 Å². The predicted molar refractivity (Wildman–Crippen MR) is 84.5 cm³/mol. The third-order valence-electron chi connectivity index (χ3n) is 3.25. The molecule has 0 saturated carbocycles. The van der Waals surface area contributed by atoms with Gasteiger partial charge in [0.1, 0.15) is 0 Å². The summed E-state index contributed by atoms with van der Waals surface area (Å²) in [5.41, 5.74) is 1.47. The van der Waals surface area contributed by atoms with Crippen LogP contribution in [0.3, 0.4) is 0 Å². The summed E-state index contributed by atoms with van der Waals surface area (Å²) in [4.78, 5) is 16.7. The molecule has 1 heterocycles. The van der Waals surface area contributed by atoms with Crippen molar-refractivity contribution in [2.75, 3.05) is 5.32 Å². The Kier molecular flexibility index (Phi) is 4.32. The van der Waals surface area contributed by atoms with Crippen LogP contribution in [0.4, 0.5) is 10.5 Å². The summed E-state index contributed by atoms with van der Waals surface area (Å²) in [6.07, 6.45) is 0.951. The molecule has 2 N–H and O–H groups in total. The fourth-order valence-electron chi connectivity index (χ4n) is 2.92. The van der Waals surface area contributed by atoms with Gasteiger partial charge in [-0.15, -0.1) is 0 Å². The lowest BCUT2D eigenvalue weighted by atomic mass is 9.81. The number of para-hydroxylation sites is 1. The van der Waals surface area contributed by atoms with Crippen LogP contribution in [0.5, 0.6) is 0 Å². The van der Waals surface area contributed by atoms with Gasteiger partial charge < -0.3 is 5.32 Å². The van der Waals surface area contributed by atoms with Crippen LogP contribution in [0.2, 0.25) is 0 Å². The minimum absolute atomic E-state index is 0.0557. The summed E-state index contributed by atoms with van der Waals surface area (Å²) in [6.45, 7) is 8.47. The average molecular weight is 289 g/mol. The highest BCUT2D eigenvalue weighted by atomic mass is 16.7. The second-order valence-corrected chi connectivity index (χ2v) is 6.77. The molecule has 0 aromatic heterocycles. The van der Waals surface area contributed by atoms with Crippen molar-refractivity contribution in [2.45, 2.75) is 51.6 Å². The van der Waals surface area contributed by atoms with E-state index < -0.39 is 6.09 Å². The maximum absolute atomic E-state index is 11.7. The molecule has 5 nitrogen and oxygen atoms in total. The van der Waals surface area contributed by atoms with Gasteiger partial charge in [-0.2, -0.15) is 0 Å².